The van der Waals surface area contributed by atoms with Crippen molar-refractivity contribution >= 4 is 40.1 Å². The summed E-state index contributed by atoms with van der Waals surface area (Å²) in [5.74, 6) is -0.283. The Morgan fingerprint density at radius 2 is 2.21 bits per heavy atom. The van der Waals surface area contributed by atoms with Gasteiger partial charge in [-0.25, -0.2) is 0 Å². The van der Waals surface area contributed by atoms with Crippen LogP contribution in [0.1, 0.15) is 16.1 Å². The fourth-order valence-electron chi connectivity index (χ4n) is 1.40. The van der Waals surface area contributed by atoms with E-state index in [1.54, 1.807) is 13.0 Å². The highest BCUT2D eigenvalue weighted by Gasteiger charge is 2.16. The number of nitrogens with zero attached hydrogens (tertiary/aromatic N) is 2. The number of nitrogens with one attached hydrogen (secondary N) is 1. The predicted molar refractivity (Wildman–Crippen MR) is 75.0 cm³/mol. The van der Waals surface area contributed by atoms with Crippen molar-refractivity contribution in [3.05, 3.63) is 49.2 Å². The number of nitro benzene ring substituents is 1. The number of hydrogen-bond donors (Lipinski definition) is 1. The van der Waals surface area contributed by atoms with Crippen LogP contribution in [0.3, 0.4) is 0 Å². The van der Waals surface area contributed by atoms with Crippen molar-refractivity contribution < 1.29 is 14.2 Å². The maximum absolute atomic E-state index is 12.0. The van der Waals surface area contributed by atoms with E-state index in [-0.39, 0.29) is 17.1 Å². The SMILES string of the molecule is Cc1cc(NC(=O)c2cc([N+](=O)[O-])ccc2I)on1. The van der Waals surface area contributed by atoms with Crippen LogP contribution in [0.2, 0.25) is 0 Å². The lowest BCUT2D eigenvalue weighted by Crippen LogP contribution is -2.13. The summed E-state index contributed by atoms with van der Waals surface area (Å²) in [5, 5.41) is 16.8. The lowest BCUT2D eigenvalue weighted by Gasteiger charge is -2.03. The van der Waals surface area contributed by atoms with Gasteiger partial charge in [-0.05, 0) is 35.6 Å². The summed E-state index contributed by atoms with van der Waals surface area (Å²) in [6.45, 7) is 1.72. The van der Waals surface area contributed by atoms with Crippen LogP contribution in [-0.4, -0.2) is 16.0 Å². The Bertz CT molecular complexity index is 653. The summed E-state index contributed by atoms with van der Waals surface area (Å²) in [4.78, 5) is 22.1. The molecule has 0 unspecified atom stereocenters. The van der Waals surface area contributed by atoms with Crippen molar-refractivity contribution in [2.45, 2.75) is 6.92 Å². The molecular weight excluding hydrogens is 365 g/mol. The van der Waals surface area contributed by atoms with Crippen LogP contribution in [0.15, 0.2) is 28.8 Å². The maximum atomic E-state index is 12.0. The van der Waals surface area contributed by atoms with Gasteiger partial charge in [0.25, 0.3) is 11.6 Å². The van der Waals surface area contributed by atoms with Gasteiger partial charge in [-0.1, -0.05) is 5.16 Å². The van der Waals surface area contributed by atoms with Crippen LogP contribution < -0.4 is 5.32 Å². The molecule has 0 aliphatic rings. The number of hydrogen-bond acceptors (Lipinski definition) is 5. The standard InChI is InChI=1S/C11H8IN3O4/c1-6-4-10(19-14-6)13-11(16)8-5-7(15(17)18)2-3-9(8)12/h2-5H,1H3,(H,13,16). The minimum absolute atomic E-state index is 0.140. The molecule has 1 aromatic heterocycles. The van der Waals surface area contributed by atoms with Crippen LogP contribution in [0, 0.1) is 20.6 Å². The predicted octanol–water partition coefficient (Wildman–Crippen LogP) is 2.75. The molecule has 0 radical (unpaired) electrons. The highest BCUT2D eigenvalue weighted by atomic mass is 127. The molecule has 1 amide bonds. The molecule has 2 aromatic rings. The van der Waals surface area contributed by atoms with Gasteiger partial charge in [-0.3, -0.25) is 20.2 Å². The summed E-state index contributed by atoms with van der Waals surface area (Å²) < 4.78 is 5.46. The van der Waals surface area contributed by atoms with Gasteiger partial charge in [0.2, 0.25) is 5.88 Å². The van der Waals surface area contributed by atoms with E-state index in [1.807, 2.05) is 22.6 Å². The topological polar surface area (TPSA) is 98.3 Å². The molecule has 0 spiro atoms. The van der Waals surface area contributed by atoms with Gasteiger partial charge in [0.05, 0.1) is 16.2 Å². The Morgan fingerprint density at radius 3 is 2.79 bits per heavy atom. The monoisotopic (exact) mass is 373 g/mol. The quantitative estimate of drug-likeness (QED) is 0.507. The maximum Gasteiger partial charge on any atom is 0.270 e. The second-order valence-corrected chi connectivity index (χ2v) is 4.87. The summed E-state index contributed by atoms with van der Waals surface area (Å²) in [6.07, 6.45) is 0. The van der Waals surface area contributed by atoms with Crippen molar-refractivity contribution in [3.63, 3.8) is 0 Å². The fourth-order valence-corrected chi connectivity index (χ4v) is 1.98. The molecule has 0 fully saturated rings. The number of benzene rings is 1. The number of rotatable bonds is 3. The fraction of sp³-hybridized carbons (Fsp3) is 0.0909. The van der Waals surface area contributed by atoms with Gasteiger partial charge >= 0.3 is 0 Å². The van der Waals surface area contributed by atoms with E-state index >= 15 is 0 Å². The highest BCUT2D eigenvalue weighted by Crippen LogP contribution is 2.21. The van der Waals surface area contributed by atoms with Crippen LogP contribution in [0.25, 0.3) is 0 Å². The van der Waals surface area contributed by atoms with Crippen LogP contribution >= 0.6 is 22.6 Å². The Morgan fingerprint density at radius 1 is 1.47 bits per heavy atom. The minimum Gasteiger partial charge on any atom is -0.338 e. The molecule has 19 heavy (non-hydrogen) atoms. The number of aromatic nitrogens is 1. The van der Waals surface area contributed by atoms with Gasteiger partial charge in [0.15, 0.2) is 0 Å². The average molecular weight is 373 g/mol. The van der Waals surface area contributed by atoms with Crippen molar-refractivity contribution in [1.82, 2.24) is 5.16 Å². The Balaban J connectivity index is 2.27. The van der Waals surface area contributed by atoms with E-state index in [0.29, 0.717) is 9.26 Å². The summed E-state index contributed by atoms with van der Waals surface area (Å²) in [6, 6.07) is 5.64. The van der Waals surface area contributed by atoms with Crippen LogP contribution in [-0.2, 0) is 0 Å². The molecule has 0 bridgehead atoms. The number of nitro groups is 1. The van der Waals surface area contributed by atoms with Gasteiger partial charge in [0, 0.05) is 21.8 Å². The van der Waals surface area contributed by atoms with E-state index in [4.69, 9.17) is 4.52 Å². The first-order chi connectivity index (χ1) is 8.97. The van der Waals surface area contributed by atoms with Gasteiger partial charge in [0.1, 0.15) is 0 Å². The zero-order valence-corrected chi connectivity index (χ0v) is 11.9. The van der Waals surface area contributed by atoms with E-state index < -0.39 is 10.8 Å². The smallest absolute Gasteiger partial charge is 0.270 e. The molecule has 0 saturated carbocycles. The second kappa shape index (κ2) is 5.34. The molecular formula is C11H8IN3O4. The first-order valence-electron chi connectivity index (χ1n) is 5.16. The van der Waals surface area contributed by atoms with Gasteiger partial charge in [-0.2, -0.15) is 0 Å². The van der Waals surface area contributed by atoms with E-state index in [2.05, 4.69) is 10.5 Å². The van der Waals surface area contributed by atoms with E-state index in [1.165, 1.54) is 18.2 Å². The van der Waals surface area contributed by atoms with Crippen molar-refractivity contribution in [2.75, 3.05) is 5.32 Å². The summed E-state index contributed by atoms with van der Waals surface area (Å²) in [7, 11) is 0. The number of non-ortho nitro benzene ring substituents is 1. The van der Waals surface area contributed by atoms with Crippen molar-refractivity contribution in [2.24, 2.45) is 0 Å². The molecule has 0 aliphatic carbocycles. The van der Waals surface area contributed by atoms with E-state index in [0.717, 1.165) is 0 Å². The minimum atomic E-state index is -0.550. The van der Waals surface area contributed by atoms with Gasteiger partial charge < -0.3 is 4.52 Å². The lowest BCUT2D eigenvalue weighted by molar-refractivity contribution is -0.384. The largest absolute Gasteiger partial charge is 0.338 e. The first-order valence-corrected chi connectivity index (χ1v) is 6.24. The number of carbonyl (C=O) groups is 1. The normalized spacial score (nSPS) is 10.2. The molecule has 0 atom stereocenters. The number of halogens is 1. The van der Waals surface area contributed by atoms with E-state index in [9.17, 15) is 14.9 Å². The van der Waals surface area contributed by atoms with Gasteiger partial charge in [-0.15, -0.1) is 0 Å². The zero-order valence-electron chi connectivity index (χ0n) is 9.71. The third-order valence-electron chi connectivity index (χ3n) is 2.27. The number of anilines is 1. The third kappa shape index (κ3) is 3.08. The third-order valence-corrected chi connectivity index (χ3v) is 3.21. The first kappa shape index (κ1) is 13.5. The number of aryl methyl sites for hydroxylation is 1. The van der Waals surface area contributed by atoms with Crippen molar-refractivity contribution in [3.8, 4) is 0 Å². The molecule has 1 aromatic carbocycles. The van der Waals surface area contributed by atoms with Crippen molar-refractivity contribution in [1.29, 1.82) is 0 Å². The molecule has 1 heterocycles. The van der Waals surface area contributed by atoms with Crippen LogP contribution in [0.4, 0.5) is 11.6 Å². The molecule has 8 heteroatoms. The summed E-state index contributed by atoms with van der Waals surface area (Å²) in [5.41, 5.74) is 0.701. The average Bonchev–Trinajstić information content (AvgIpc) is 2.74. The second-order valence-electron chi connectivity index (χ2n) is 3.71. The molecule has 0 aliphatic heterocycles. The molecule has 98 valence electrons. The Kier molecular flexibility index (Phi) is 3.79. The Labute approximate surface area is 121 Å². The number of carbonyl (C=O) groups excluding carboxylic acids is 1. The summed E-state index contributed by atoms with van der Waals surface area (Å²) >= 11 is 1.93. The Hall–Kier alpha value is -1.97. The van der Waals surface area contributed by atoms with Crippen LogP contribution in [0.5, 0.6) is 0 Å². The zero-order chi connectivity index (χ0) is 14.0. The number of amides is 1. The molecule has 2 rings (SSSR count). The molecule has 1 N–H and O–H groups in total. The molecule has 7 nitrogen and oxygen atoms in total. The lowest BCUT2D eigenvalue weighted by atomic mass is 10.2. The highest BCUT2D eigenvalue weighted by molar-refractivity contribution is 14.1. The molecule has 0 saturated heterocycles.